The number of carboxylic acid groups (broad SMARTS) is 1. The third-order valence-electron chi connectivity index (χ3n) is 9.18. The highest BCUT2D eigenvalue weighted by molar-refractivity contribution is 6.30. The fourth-order valence-corrected chi connectivity index (χ4v) is 7.02. The molecule has 5 atom stereocenters. The lowest BCUT2D eigenvalue weighted by Crippen LogP contribution is -2.33. The summed E-state index contributed by atoms with van der Waals surface area (Å²) in [5, 5.41) is 9.97. The first kappa shape index (κ1) is 26.8. The summed E-state index contributed by atoms with van der Waals surface area (Å²) in [7, 11) is 0. The fourth-order valence-electron chi connectivity index (χ4n) is 6.91. The van der Waals surface area contributed by atoms with Gasteiger partial charge in [-0.3, -0.25) is 9.88 Å². The molecule has 2 aromatic heterocycles. The molecule has 3 fully saturated rings. The Bertz CT molecular complexity index is 1780. The summed E-state index contributed by atoms with van der Waals surface area (Å²) in [6, 6.07) is 8.93. The van der Waals surface area contributed by atoms with Gasteiger partial charge in [-0.25, -0.2) is 18.6 Å². The van der Waals surface area contributed by atoms with Crippen molar-refractivity contribution >= 4 is 28.6 Å². The molecule has 2 saturated heterocycles. The second-order valence-corrected chi connectivity index (χ2v) is 12.3. The molecular weight excluding hydrogens is 582 g/mol. The Hall–Kier alpha value is -3.80. The molecule has 0 radical (unpaired) electrons. The van der Waals surface area contributed by atoms with Crippen LogP contribution in [0.3, 0.4) is 0 Å². The Morgan fingerprint density at radius 1 is 1.14 bits per heavy atom. The van der Waals surface area contributed by atoms with E-state index in [1.165, 1.54) is 18.3 Å². The van der Waals surface area contributed by atoms with Crippen LogP contribution in [0, 0.1) is 23.5 Å². The van der Waals surface area contributed by atoms with Crippen LogP contribution in [0.25, 0.3) is 11.0 Å². The molecule has 0 amide bonds. The predicted octanol–water partition coefficient (Wildman–Crippen LogP) is 5.34. The van der Waals surface area contributed by atoms with Gasteiger partial charge < -0.3 is 23.9 Å². The van der Waals surface area contributed by atoms with Crippen LogP contribution >= 0.6 is 11.6 Å². The Labute approximate surface area is 249 Å². The fraction of sp³-hybridized carbons (Fsp3) is 0.387. The Morgan fingerprint density at radius 2 is 1.93 bits per heavy atom. The van der Waals surface area contributed by atoms with Gasteiger partial charge in [-0.1, -0.05) is 11.6 Å². The van der Waals surface area contributed by atoms with Gasteiger partial charge in [0.1, 0.15) is 22.9 Å². The molecule has 2 aromatic carbocycles. The van der Waals surface area contributed by atoms with Gasteiger partial charge in [0.05, 0.1) is 35.3 Å². The van der Waals surface area contributed by atoms with Crippen molar-refractivity contribution < 1.29 is 32.9 Å². The maximum absolute atomic E-state index is 15.4. The average molecular weight is 609 g/mol. The topological polar surface area (TPSA) is 98.9 Å². The summed E-state index contributed by atoms with van der Waals surface area (Å²) in [4.78, 5) is 22.8. The molecule has 1 saturated carbocycles. The lowest BCUT2D eigenvalue weighted by molar-refractivity contribution is -0.0721. The molecule has 4 aliphatic rings. The molecule has 5 heterocycles. The smallest absolute Gasteiger partial charge is 0.335 e. The number of fused-ring (bicyclic) bond motifs is 3. The number of likely N-dealkylation sites (tertiary alicyclic amines) is 1. The molecule has 4 aromatic rings. The number of rotatable bonds is 7. The van der Waals surface area contributed by atoms with Crippen molar-refractivity contribution in [2.24, 2.45) is 11.8 Å². The van der Waals surface area contributed by atoms with E-state index in [4.69, 9.17) is 25.8 Å². The normalized spacial score (nSPS) is 27.3. The number of carboxylic acids is 1. The number of benzene rings is 2. The van der Waals surface area contributed by atoms with E-state index in [9.17, 15) is 14.3 Å². The van der Waals surface area contributed by atoms with E-state index >= 15 is 4.39 Å². The van der Waals surface area contributed by atoms with Gasteiger partial charge in [0.15, 0.2) is 17.3 Å². The lowest BCUT2D eigenvalue weighted by Gasteiger charge is -2.28. The number of carbonyl (C=O) groups is 1. The number of nitrogens with zero attached hydrogens (tertiary/aromatic N) is 4. The van der Waals surface area contributed by atoms with Crippen LogP contribution in [0.4, 0.5) is 8.78 Å². The molecule has 1 aliphatic carbocycles. The number of piperidine rings is 1. The zero-order valence-corrected chi connectivity index (χ0v) is 23.9. The number of aromatic carboxylic acids is 1. The van der Waals surface area contributed by atoms with Crippen LogP contribution in [0.5, 0.6) is 11.5 Å². The molecule has 1 N–H and O–H groups in total. The first-order valence-electron chi connectivity index (χ1n) is 14.3. The maximum Gasteiger partial charge on any atom is 0.335 e. The van der Waals surface area contributed by atoms with Crippen molar-refractivity contribution in [1.82, 2.24) is 19.4 Å². The number of imidazole rings is 1. The SMILES string of the molecule is C[C@@]1(c2ccc(Cl)cn2)Oc2ccc(F)c(C3[C@H]4CN(Cc5nc6c(F)cc(C(=O)O)cc6n5C[C@@H]5CCO5)C[C@@H]34)c2O1. The third kappa shape index (κ3) is 4.36. The van der Waals surface area contributed by atoms with E-state index < -0.39 is 17.6 Å². The van der Waals surface area contributed by atoms with Crippen molar-refractivity contribution in [3.8, 4) is 11.5 Å². The maximum atomic E-state index is 15.4. The Balaban J connectivity index is 1.03. The van der Waals surface area contributed by atoms with Crippen molar-refractivity contribution in [2.75, 3.05) is 19.7 Å². The summed E-state index contributed by atoms with van der Waals surface area (Å²) in [5.41, 5.74) is 1.54. The first-order valence-corrected chi connectivity index (χ1v) is 14.6. The van der Waals surface area contributed by atoms with E-state index in [1.54, 1.807) is 25.1 Å². The van der Waals surface area contributed by atoms with Crippen LogP contribution in [0.1, 0.15) is 46.7 Å². The minimum atomic E-state index is -1.20. The van der Waals surface area contributed by atoms with E-state index in [2.05, 4.69) is 14.9 Å². The summed E-state index contributed by atoms with van der Waals surface area (Å²) in [5.74, 6) is -1.43. The monoisotopic (exact) mass is 608 g/mol. The number of aromatic nitrogens is 3. The summed E-state index contributed by atoms with van der Waals surface area (Å²) >= 11 is 6.00. The minimum absolute atomic E-state index is 0.0203. The summed E-state index contributed by atoms with van der Waals surface area (Å²) < 4.78 is 50.2. The van der Waals surface area contributed by atoms with E-state index in [0.29, 0.717) is 71.9 Å². The van der Waals surface area contributed by atoms with E-state index in [-0.39, 0.29) is 40.8 Å². The van der Waals surface area contributed by atoms with Gasteiger partial charge >= 0.3 is 5.97 Å². The lowest BCUT2D eigenvalue weighted by atomic mass is 10.0. The van der Waals surface area contributed by atoms with Crippen LogP contribution < -0.4 is 9.47 Å². The van der Waals surface area contributed by atoms with Crippen LogP contribution in [0.15, 0.2) is 42.6 Å². The van der Waals surface area contributed by atoms with Crippen molar-refractivity contribution in [3.63, 3.8) is 0 Å². The highest BCUT2D eigenvalue weighted by Crippen LogP contribution is 2.63. The molecular formula is C31H27ClF2N4O5. The second-order valence-electron chi connectivity index (χ2n) is 11.9. The van der Waals surface area contributed by atoms with Gasteiger partial charge in [-0.15, -0.1) is 0 Å². The minimum Gasteiger partial charge on any atom is -0.478 e. The molecule has 3 aliphatic heterocycles. The molecule has 1 unspecified atom stereocenters. The first-order chi connectivity index (χ1) is 20.7. The molecule has 222 valence electrons. The van der Waals surface area contributed by atoms with Crippen LogP contribution in [-0.2, 0) is 23.6 Å². The number of pyridine rings is 1. The summed E-state index contributed by atoms with van der Waals surface area (Å²) in [6.07, 6.45) is 2.37. The van der Waals surface area contributed by atoms with Crippen LogP contribution in [-0.4, -0.2) is 56.3 Å². The Kier molecular flexibility index (Phi) is 5.98. The van der Waals surface area contributed by atoms with Crippen molar-refractivity contribution in [3.05, 3.63) is 81.9 Å². The quantitative estimate of drug-likeness (QED) is 0.300. The van der Waals surface area contributed by atoms with Gasteiger partial charge in [0.25, 0.3) is 5.79 Å². The Morgan fingerprint density at radius 3 is 2.60 bits per heavy atom. The van der Waals surface area contributed by atoms with Gasteiger partial charge in [0.2, 0.25) is 0 Å². The second kappa shape index (κ2) is 9.60. The molecule has 9 nitrogen and oxygen atoms in total. The number of ether oxygens (including phenoxy) is 3. The highest BCUT2D eigenvalue weighted by atomic mass is 35.5. The molecule has 0 spiro atoms. The molecule has 8 rings (SSSR count). The molecule has 43 heavy (non-hydrogen) atoms. The molecule has 0 bridgehead atoms. The highest BCUT2D eigenvalue weighted by Gasteiger charge is 2.59. The molecule has 12 heteroatoms. The predicted molar refractivity (Wildman–Crippen MR) is 150 cm³/mol. The zero-order valence-electron chi connectivity index (χ0n) is 23.1. The number of hydrogen-bond donors (Lipinski definition) is 1. The van der Waals surface area contributed by atoms with Crippen molar-refractivity contribution in [2.45, 2.75) is 44.2 Å². The van der Waals surface area contributed by atoms with Crippen molar-refractivity contribution in [1.29, 1.82) is 0 Å². The number of hydrogen-bond acceptors (Lipinski definition) is 7. The largest absolute Gasteiger partial charge is 0.478 e. The summed E-state index contributed by atoms with van der Waals surface area (Å²) in [6.45, 7) is 4.77. The average Bonchev–Trinajstić information content (AvgIpc) is 3.25. The van der Waals surface area contributed by atoms with E-state index in [1.807, 2.05) is 4.57 Å². The third-order valence-corrected chi connectivity index (χ3v) is 9.41. The zero-order chi connectivity index (χ0) is 29.6. The standard InChI is InChI=1S/C31H27ClF2N4O5/c1-31(24-5-2-16(32)10-35-24)42-23-4-3-20(33)27(29(23)43-31)26-18-12-37(13-19(18)26)14-25-36-28-21(34)8-15(30(39)40)9-22(28)38(25)11-17-6-7-41-17/h2-5,8-10,17-19,26H,6-7,11-14H2,1H3,(H,39,40)/t17-,18-,19+,26?,31+/m0/s1. The van der Waals surface area contributed by atoms with Crippen LogP contribution in [0.2, 0.25) is 5.02 Å². The van der Waals surface area contributed by atoms with Gasteiger partial charge in [0, 0.05) is 38.4 Å². The van der Waals surface area contributed by atoms with Gasteiger partial charge in [-0.05, 0) is 60.6 Å². The van der Waals surface area contributed by atoms with Gasteiger partial charge in [-0.2, -0.15) is 0 Å². The number of halogens is 3. The van der Waals surface area contributed by atoms with E-state index in [0.717, 1.165) is 12.5 Å².